The van der Waals surface area contributed by atoms with Crippen molar-refractivity contribution in [3.05, 3.63) is 18.2 Å². The van der Waals surface area contributed by atoms with Gasteiger partial charge in [-0.2, -0.15) is 0 Å². The topological polar surface area (TPSA) is 47.7 Å². The normalized spacial score (nSPS) is 26.3. The van der Waals surface area contributed by atoms with Gasteiger partial charge in [0.25, 0.3) is 0 Å². The van der Waals surface area contributed by atoms with Crippen molar-refractivity contribution in [2.24, 2.45) is 0 Å². The molecule has 2 N–H and O–H groups in total. The zero-order valence-corrected chi connectivity index (χ0v) is 11.5. The summed E-state index contributed by atoms with van der Waals surface area (Å²) in [5, 5.41) is 0. The van der Waals surface area contributed by atoms with E-state index in [0.717, 1.165) is 30.3 Å². The standard InChI is InChI=1S/C15H22N2O2/c1-2-18-14-8-4-6-12(15(14)16)17-9-10-19-13-7-3-5-11(13)17/h4,6,8,11,13H,2-3,5,7,9-10,16H2,1H3. The van der Waals surface area contributed by atoms with E-state index in [4.69, 9.17) is 15.2 Å². The van der Waals surface area contributed by atoms with Crippen LogP contribution in [-0.2, 0) is 4.74 Å². The predicted molar refractivity (Wildman–Crippen MR) is 76.7 cm³/mol. The second kappa shape index (κ2) is 5.29. The fourth-order valence-electron chi connectivity index (χ4n) is 3.29. The van der Waals surface area contributed by atoms with Crippen LogP contribution < -0.4 is 15.4 Å². The van der Waals surface area contributed by atoms with Crippen LogP contribution in [-0.4, -0.2) is 31.9 Å². The Kier molecular flexibility index (Phi) is 3.51. The summed E-state index contributed by atoms with van der Waals surface area (Å²) in [7, 11) is 0. The van der Waals surface area contributed by atoms with E-state index in [0.29, 0.717) is 18.8 Å². The molecule has 1 aromatic carbocycles. The summed E-state index contributed by atoms with van der Waals surface area (Å²) < 4.78 is 11.5. The molecular weight excluding hydrogens is 240 g/mol. The molecule has 2 atom stereocenters. The van der Waals surface area contributed by atoms with E-state index in [9.17, 15) is 0 Å². The van der Waals surface area contributed by atoms with Gasteiger partial charge in [0.15, 0.2) is 0 Å². The lowest BCUT2D eigenvalue weighted by molar-refractivity contribution is 0.0257. The van der Waals surface area contributed by atoms with Crippen LogP contribution in [0.2, 0.25) is 0 Å². The van der Waals surface area contributed by atoms with Gasteiger partial charge < -0.3 is 20.1 Å². The fraction of sp³-hybridized carbons (Fsp3) is 0.600. The number of fused-ring (bicyclic) bond motifs is 1. The molecule has 2 fully saturated rings. The van der Waals surface area contributed by atoms with Crippen molar-refractivity contribution in [3.63, 3.8) is 0 Å². The fourth-order valence-corrected chi connectivity index (χ4v) is 3.29. The van der Waals surface area contributed by atoms with Gasteiger partial charge in [0.2, 0.25) is 0 Å². The maximum atomic E-state index is 6.28. The zero-order chi connectivity index (χ0) is 13.2. The highest BCUT2D eigenvalue weighted by Crippen LogP contribution is 2.38. The van der Waals surface area contributed by atoms with E-state index in [1.807, 2.05) is 19.1 Å². The highest BCUT2D eigenvalue weighted by molar-refractivity contribution is 5.74. The van der Waals surface area contributed by atoms with Gasteiger partial charge in [0, 0.05) is 6.54 Å². The highest BCUT2D eigenvalue weighted by Gasteiger charge is 2.36. The van der Waals surface area contributed by atoms with Crippen LogP contribution in [0.1, 0.15) is 26.2 Å². The number of hydrogen-bond acceptors (Lipinski definition) is 4. The van der Waals surface area contributed by atoms with Gasteiger partial charge >= 0.3 is 0 Å². The first-order chi connectivity index (χ1) is 9.31. The minimum Gasteiger partial charge on any atom is -0.492 e. The van der Waals surface area contributed by atoms with Crippen molar-refractivity contribution in [2.75, 3.05) is 30.4 Å². The molecule has 4 heteroatoms. The first kappa shape index (κ1) is 12.6. The van der Waals surface area contributed by atoms with E-state index < -0.39 is 0 Å². The smallest absolute Gasteiger partial charge is 0.144 e. The number of nitrogens with zero attached hydrogens (tertiary/aromatic N) is 1. The molecular formula is C15H22N2O2. The molecule has 1 heterocycles. The lowest BCUT2D eigenvalue weighted by atomic mass is 10.1. The Morgan fingerprint density at radius 1 is 1.42 bits per heavy atom. The average Bonchev–Trinajstić information content (AvgIpc) is 2.90. The maximum Gasteiger partial charge on any atom is 0.144 e. The van der Waals surface area contributed by atoms with Crippen molar-refractivity contribution >= 4 is 11.4 Å². The molecule has 0 spiro atoms. The first-order valence-electron chi connectivity index (χ1n) is 7.20. The number of hydrogen-bond donors (Lipinski definition) is 1. The van der Waals surface area contributed by atoms with Crippen molar-refractivity contribution < 1.29 is 9.47 Å². The third-order valence-electron chi connectivity index (χ3n) is 4.13. The number of nitrogen functional groups attached to an aromatic ring is 1. The number of rotatable bonds is 3. The van der Waals surface area contributed by atoms with Crippen LogP contribution in [0.3, 0.4) is 0 Å². The van der Waals surface area contributed by atoms with Crippen molar-refractivity contribution in [2.45, 2.75) is 38.3 Å². The molecule has 4 nitrogen and oxygen atoms in total. The lowest BCUT2D eigenvalue weighted by Crippen LogP contribution is -2.48. The minimum atomic E-state index is 0.379. The zero-order valence-electron chi connectivity index (χ0n) is 11.5. The lowest BCUT2D eigenvalue weighted by Gasteiger charge is -2.40. The summed E-state index contributed by atoms with van der Waals surface area (Å²) in [6, 6.07) is 6.54. The Bertz CT molecular complexity index is 450. The van der Waals surface area contributed by atoms with E-state index in [-0.39, 0.29) is 0 Å². The Labute approximate surface area is 114 Å². The van der Waals surface area contributed by atoms with E-state index in [2.05, 4.69) is 11.0 Å². The quantitative estimate of drug-likeness (QED) is 0.850. The van der Waals surface area contributed by atoms with Gasteiger partial charge in [0.1, 0.15) is 5.75 Å². The summed E-state index contributed by atoms with van der Waals surface area (Å²) in [5.41, 5.74) is 8.14. The molecule has 1 aliphatic carbocycles. The summed E-state index contributed by atoms with van der Waals surface area (Å²) in [5.74, 6) is 0.793. The molecule has 1 aliphatic heterocycles. The van der Waals surface area contributed by atoms with Crippen molar-refractivity contribution in [1.82, 2.24) is 0 Å². The third-order valence-corrected chi connectivity index (χ3v) is 4.13. The molecule has 19 heavy (non-hydrogen) atoms. The molecule has 2 aliphatic rings. The second-order valence-corrected chi connectivity index (χ2v) is 5.22. The van der Waals surface area contributed by atoms with Gasteiger partial charge in [-0.3, -0.25) is 0 Å². The van der Waals surface area contributed by atoms with Crippen LogP contribution in [0.15, 0.2) is 18.2 Å². The van der Waals surface area contributed by atoms with Crippen molar-refractivity contribution in [1.29, 1.82) is 0 Å². The minimum absolute atomic E-state index is 0.379. The summed E-state index contributed by atoms with van der Waals surface area (Å²) >= 11 is 0. The number of para-hydroxylation sites is 1. The van der Waals surface area contributed by atoms with Gasteiger partial charge in [0.05, 0.1) is 36.7 Å². The molecule has 0 radical (unpaired) electrons. The molecule has 104 valence electrons. The second-order valence-electron chi connectivity index (χ2n) is 5.22. The first-order valence-corrected chi connectivity index (χ1v) is 7.20. The molecule has 1 saturated heterocycles. The molecule has 1 aromatic rings. The Morgan fingerprint density at radius 3 is 3.16 bits per heavy atom. The van der Waals surface area contributed by atoms with E-state index in [1.165, 1.54) is 19.3 Å². The van der Waals surface area contributed by atoms with E-state index >= 15 is 0 Å². The Hall–Kier alpha value is -1.42. The van der Waals surface area contributed by atoms with Crippen LogP contribution in [0.5, 0.6) is 5.75 Å². The predicted octanol–water partition coefficient (Wildman–Crippen LogP) is 2.43. The highest BCUT2D eigenvalue weighted by atomic mass is 16.5. The summed E-state index contributed by atoms with van der Waals surface area (Å²) in [6.45, 7) is 4.33. The van der Waals surface area contributed by atoms with Gasteiger partial charge in [-0.1, -0.05) is 6.07 Å². The summed E-state index contributed by atoms with van der Waals surface area (Å²) in [4.78, 5) is 2.42. The molecule has 0 bridgehead atoms. The number of benzene rings is 1. The number of anilines is 2. The van der Waals surface area contributed by atoms with Crippen LogP contribution in [0, 0.1) is 0 Å². The van der Waals surface area contributed by atoms with Gasteiger partial charge in [-0.15, -0.1) is 0 Å². The van der Waals surface area contributed by atoms with Crippen LogP contribution >= 0.6 is 0 Å². The largest absolute Gasteiger partial charge is 0.492 e. The van der Waals surface area contributed by atoms with Crippen LogP contribution in [0.25, 0.3) is 0 Å². The van der Waals surface area contributed by atoms with Gasteiger partial charge in [-0.05, 0) is 38.3 Å². The molecule has 1 saturated carbocycles. The van der Waals surface area contributed by atoms with Crippen molar-refractivity contribution in [3.8, 4) is 5.75 Å². The SMILES string of the molecule is CCOc1cccc(N2CCOC3CCCC32)c1N. The molecule has 0 aromatic heterocycles. The maximum absolute atomic E-state index is 6.28. The molecule has 3 rings (SSSR count). The van der Waals surface area contributed by atoms with Gasteiger partial charge in [-0.25, -0.2) is 0 Å². The van der Waals surface area contributed by atoms with E-state index in [1.54, 1.807) is 0 Å². The molecule has 0 amide bonds. The number of ether oxygens (including phenoxy) is 2. The Morgan fingerprint density at radius 2 is 2.32 bits per heavy atom. The molecule has 2 unspecified atom stereocenters. The van der Waals surface area contributed by atoms with Crippen LogP contribution in [0.4, 0.5) is 11.4 Å². The monoisotopic (exact) mass is 262 g/mol. The Balaban J connectivity index is 1.90. The third kappa shape index (κ3) is 2.25. The average molecular weight is 262 g/mol. The number of morpholine rings is 1. The summed E-state index contributed by atoms with van der Waals surface area (Å²) in [6.07, 6.45) is 4.00. The number of nitrogens with two attached hydrogens (primary N) is 1.